The van der Waals surface area contributed by atoms with Crippen LogP contribution in [0.15, 0.2) is 72.8 Å². The molecule has 7 heteroatoms. The van der Waals surface area contributed by atoms with Crippen LogP contribution in [0.5, 0.6) is 5.75 Å². The van der Waals surface area contributed by atoms with Crippen molar-refractivity contribution < 1.29 is 14.3 Å². The number of nitrogens with zero attached hydrogens (tertiary/aromatic N) is 2. The molecular weight excluding hydrogens is 464 g/mol. The Kier molecular flexibility index (Phi) is 8.15. The van der Waals surface area contributed by atoms with Crippen molar-refractivity contribution in [3.05, 3.63) is 101 Å². The maximum atomic E-state index is 13.1. The number of Topliss-reactive ketones (excluding diaryl/α,β-unsaturated/α-hetero) is 1. The number of carbonyl (C=O) groups is 2. The molecule has 2 N–H and O–H groups in total. The Bertz CT molecular complexity index is 1370. The van der Waals surface area contributed by atoms with Crippen LogP contribution in [-0.2, 0) is 18.4 Å². The second-order valence-electron chi connectivity index (χ2n) is 9.08. The average Bonchev–Trinajstić information content (AvgIpc) is 3.18. The topological polar surface area (TPSA) is 85.2 Å². The van der Waals surface area contributed by atoms with Crippen LogP contribution in [0.4, 0.5) is 5.69 Å². The van der Waals surface area contributed by atoms with Gasteiger partial charge in [0.2, 0.25) is 0 Å². The fourth-order valence-electron chi connectivity index (χ4n) is 4.25. The first kappa shape index (κ1) is 25.9. The van der Waals surface area contributed by atoms with E-state index in [1.165, 1.54) is 5.56 Å². The minimum atomic E-state index is -0.684. The maximum Gasteiger partial charge on any atom is 0.298 e. The van der Waals surface area contributed by atoms with E-state index in [-0.39, 0.29) is 0 Å². The Hall–Kier alpha value is -4.23. The molecule has 0 saturated carbocycles. The number of aromatic nitrogens is 2. The van der Waals surface area contributed by atoms with E-state index >= 15 is 0 Å². The molecule has 0 spiro atoms. The smallest absolute Gasteiger partial charge is 0.298 e. The fourth-order valence-corrected chi connectivity index (χ4v) is 4.25. The minimum Gasteiger partial charge on any atom is -0.492 e. The molecule has 0 radical (unpaired) electrons. The monoisotopic (exact) mass is 496 g/mol. The number of anilines is 1. The summed E-state index contributed by atoms with van der Waals surface area (Å²) < 4.78 is 7.54. The normalized spacial score (nSPS) is 10.8. The first-order valence-corrected chi connectivity index (χ1v) is 12.3. The SMILES string of the molecule is Cc1cc(C)nc(CNCCOc2ccc(NC(=O)C(=O)c3c(-c4ccccc4)cc(C)n3C)cc2)c1. The van der Waals surface area contributed by atoms with Gasteiger partial charge in [0, 0.05) is 42.8 Å². The zero-order valence-electron chi connectivity index (χ0n) is 21.7. The molecule has 0 aliphatic rings. The average molecular weight is 497 g/mol. The molecule has 2 aromatic heterocycles. The third-order valence-corrected chi connectivity index (χ3v) is 6.10. The van der Waals surface area contributed by atoms with Gasteiger partial charge in [-0.3, -0.25) is 14.6 Å². The van der Waals surface area contributed by atoms with Crippen LogP contribution in [0.25, 0.3) is 11.1 Å². The van der Waals surface area contributed by atoms with Gasteiger partial charge in [-0.05, 0) is 74.4 Å². The molecule has 0 atom stereocenters. The van der Waals surface area contributed by atoms with Gasteiger partial charge in [-0.2, -0.15) is 0 Å². The number of hydrogen-bond donors (Lipinski definition) is 2. The lowest BCUT2D eigenvalue weighted by Gasteiger charge is -2.10. The second kappa shape index (κ2) is 11.7. The van der Waals surface area contributed by atoms with Crippen LogP contribution in [0.3, 0.4) is 0 Å². The van der Waals surface area contributed by atoms with Crippen molar-refractivity contribution in [3.63, 3.8) is 0 Å². The van der Waals surface area contributed by atoms with Gasteiger partial charge >= 0.3 is 0 Å². The van der Waals surface area contributed by atoms with Gasteiger partial charge in [0.1, 0.15) is 18.1 Å². The van der Waals surface area contributed by atoms with Crippen molar-refractivity contribution in [2.45, 2.75) is 27.3 Å². The highest BCUT2D eigenvalue weighted by molar-refractivity contribution is 6.47. The van der Waals surface area contributed by atoms with Crippen molar-refractivity contribution in [3.8, 4) is 16.9 Å². The van der Waals surface area contributed by atoms with Crippen molar-refractivity contribution in [1.82, 2.24) is 14.9 Å². The number of carbonyl (C=O) groups excluding carboxylic acids is 2. The number of ketones is 1. The highest BCUT2D eigenvalue weighted by Crippen LogP contribution is 2.27. The summed E-state index contributed by atoms with van der Waals surface area (Å²) in [6, 6.07) is 22.6. The van der Waals surface area contributed by atoms with Gasteiger partial charge in [-0.25, -0.2) is 0 Å². The summed E-state index contributed by atoms with van der Waals surface area (Å²) >= 11 is 0. The largest absolute Gasteiger partial charge is 0.492 e. The van der Waals surface area contributed by atoms with E-state index in [1.54, 1.807) is 35.9 Å². The van der Waals surface area contributed by atoms with Crippen LogP contribution in [-0.4, -0.2) is 34.4 Å². The van der Waals surface area contributed by atoms with Crippen LogP contribution in [0.2, 0.25) is 0 Å². The van der Waals surface area contributed by atoms with Crippen LogP contribution in [0.1, 0.15) is 33.1 Å². The molecule has 4 aromatic rings. The Morgan fingerprint density at radius 2 is 1.68 bits per heavy atom. The summed E-state index contributed by atoms with van der Waals surface area (Å²) in [4.78, 5) is 30.5. The predicted octanol–water partition coefficient (Wildman–Crippen LogP) is 5.00. The quantitative estimate of drug-likeness (QED) is 0.183. The molecule has 0 fully saturated rings. The molecule has 0 aliphatic heterocycles. The van der Waals surface area contributed by atoms with Crippen molar-refractivity contribution in [1.29, 1.82) is 0 Å². The van der Waals surface area contributed by atoms with E-state index in [0.29, 0.717) is 36.8 Å². The molecule has 0 unspecified atom stereocenters. The van der Waals surface area contributed by atoms with E-state index in [9.17, 15) is 9.59 Å². The number of hydrogen-bond acceptors (Lipinski definition) is 5. The van der Waals surface area contributed by atoms with Gasteiger partial charge in [-0.15, -0.1) is 0 Å². The van der Waals surface area contributed by atoms with Gasteiger partial charge in [-0.1, -0.05) is 30.3 Å². The van der Waals surface area contributed by atoms with Gasteiger partial charge < -0.3 is 19.9 Å². The number of ether oxygens (including phenoxy) is 1. The van der Waals surface area contributed by atoms with Gasteiger partial charge in [0.05, 0.1) is 5.69 Å². The third-order valence-electron chi connectivity index (χ3n) is 6.10. The third kappa shape index (κ3) is 6.51. The lowest BCUT2D eigenvalue weighted by molar-refractivity contribution is -0.112. The molecule has 1 amide bonds. The summed E-state index contributed by atoms with van der Waals surface area (Å²) in [6.07, 6.45) is 0. The first-order chi connectivity index (χ1) is 17.8. The number of nitrogens with one attached hydrogen (secondary N) is 2. The molecule has 2 aromatic carbocycles. The highest BCUT2D eigenvalue weighted by Gasteiger charge is 2.25. The number of pyridine rings is 1. The molecule has 0 aliphatic carbocycles. The van der Waals surface area contributed by atoms with Gasteiger partial charge in [0.15, 0.2) is 0 Å². The van der Waals surface area contributed by atoms with Crippen molar-refractivity contribution in [2.24, 2.45) is 7.05 Å². The molecule has 190 valence electrons. The standard InChI is InChI=1S/C30H32N4O3/c1-20-16-21(2)32-25(17-20)19-31-14-15-37-26-12-10-24(11-13-26)33-30(36)29(35)28-27(18-22(3)34(28)4)23-8-6-5-7-9-23/h5-13,16-18,31H,14-15,19H2,1-4H3,(H,33,36). The number of rotatable bonds is 10. The Labute approximate surface area is 217 Å². The summed E-state index contributed by atoms with van der Waals surface area (Å²) in [6.45, 7) is 7.80. The Morgan fingerprint density at radius 3 is 2.38 bits per heavy atom. The fraction of sp³-hybridized carbons (Fsp3) is 0.233. The van der Waals surface area contributed by atoms with E-state index in [1.807, 2.05) is 50.2 Å². The summed E-state index contributed by atoms with van der Waals surface area (Å²) in [7, 11) is 1.79. The molecule has 37 heavy (non-hydrogen) atoms. The zero-order valence-corrected chi connectivity index (χ0v) is 21.7. The minimum absolute atomic E-state index is 0.365. The first-order valence-electron chi connectivity index (χ1n) is 12.3. The van der Waals surface area contributed by atoms with E-state index in [4.69, 9.17) is 4.74 Å². The summed E-state index contributed by atoms with van der Waals surface area (Å²) in [5.74, 6) is -0.588. The van der Waals surface area contributed by atoms with Crippen LogP contribution in [0, 0.1) is 20.8 Å². The highest BCUT2D eigenvalue weighted by atomic mass is 16.5. The second-order valence-corrected chi connectivity index (χ2v) is 9.08. The Balaban J connectivity index is 1.30. The van der Waals surface area contributed by atoms with Gasteiger partial charge in [0.25, 0.3) is 11.7 Å². The number of benzene rings is 2. The summed E-state index contributed by atoms with van der Waals surface area (Å²) in [5.41, 5.74) is 6.64. The van der Waals surface area contributed by atoms with Crippen LogP contribution >= 0.6 is 0 Å². The van der Waals surface area contributed by atoms with Crippen molar-refractivity contribution >= 4 is 17.4 Å². The zero-order chi connectivity index (χ0) is 26.4. The molecule has 0 saturated heterocycles. The molecule has 4 rings (SSSR count). The number of aryl methyl sites for hydroxylation is 3. The molecule has 7 nitrogen and oxygen atoms in total. The lowest BCUT2D eigenvalue weighted by Crippen LogP contribution is -2.25. The molecule has 2 heterocycles. The number of amides is 1. The van der Waals surface area contributed by atoms with Crippen molar-refractivity contribution in [2.75, 3.05) is 18.5 Å². The summed E-state index contributed by atoms with van der Waals surface area (Å²) in [5, 5.41) is 6.04. The van der Waals surface area contributed by atoms with E-state index in [0.717, 1.165) is 28.2 Å². The van der Waals surface area contributed by atoms with E-state index < -0.39 is 11.7 Å². The predicted molar refractivity (Wildman–Crippen MR) is 146 cm³/mol. The maximum absolute atomic E-state index is 13.1. The molecular formula is C30H32N4O3. The van der Waals surface area contributed by atoms with Crippen LogP contribution < -0.4 is 15.4 Å². The molecule has 0 bridgehead atoms. The Morgan fingerprint density at radius 1 is 0.946 bits per heavy atom. The lowest BCUT2D eigenvalue weighted by atomic mass is 10.0. The van der Waals surface area contributed by atoms with E-state index in [2.05, 4.69) is 34.7 Å².